The lowest BCUT2D eigenvalue weighted by Crippen LogP contribution is -2.41. The molecule has 0 bridgehead atoms. The van der Waals surface area contributed by atoms with Gasteiger partial charge in [0.25, 0.3) is 0 Å². The van der Waals surface area contributed by atoms with Gasteiger partial charge in [-0.2, -0.15) is 0 Å². The van der Waals surface area contributed by atoms with Crippen LogP contribution in [0.2, 0.25) is 0 Å². The predicted octanol–water partition coefficient (Wildman–Crippen LogP) is 0.972. The fraction of sp³-hybridized carbons (Fsp3) is 0.438. The maximum atomic E-state index is 11.9. The average Bonchev–Trinajstić information content (AvgIpc) is 3.01. The molecule has 2 aliphatic rings. The predicted molar refractivity (Wildman–Crippen MR) is 87.6 cm³/mol. The fourth-order valence-corrected chi connectivity index (χ4v) is 4.36. The van der Waals surface area contributed by atoms with E-state index >= 15 is 0 Å². The Labute approximate surface area is 140 Å². The normalized spacial score (nSPS) is 24.2. The van der Waals surface area contributed by atoms with Crippen molar-refractivity contribution in [1.82, 2.24) is 19.3 Å². The van der Waals surface area contributed by atoms with Crippen molar-refractivity contribution in [3.63, 3.8) is 0 Å². The molecule has 1 unspecified atom stereocenters. The molecule has 7 nitrogen and oxygen atoms in total. The number of aromatic nitrogens is 3. The first-order chi connectivity index (χ1) is 11.5. The highest BCUT2D eigenvalue weighted by Gasteiger charge is 2.47. The van der Waals surface area contributed by atoms with E-state index in [0.717, 1.165) is 16.8 Å². The van der Waals surface area contributed by atoms with Crippen molar-refractivity contribution in [2.75, 3.05) is 26.0 Å². The molecular formula is C16H18N4O3S. The second-order valence-electron chi connectivity index (χ2n) is 6.43. The molecule has 0 saturated carbocycles. The van der Waals surface area contributed by atoms with Crippen LogP contribution < -0.4 is 0 Å². The van der Waals surface area contributed by atoms with Crippen molar-refractivity contribution in [3.8, 4) is 11.4 Å². The summed E-state index contributed by atoms with van der Waals surface area (Å²) in [5.74, 6) is 0.612. The van der Waals surface area contributed by atoms with Crippen molar-refractivity contribution in [2.45, 2.75) is 18.4 Å². The Morgan fingerprint density at radius 1 is 1.33 bits per heavy atom. The molecule has 0 aromatic carbocycles. The number of pyridine rings is 1. The second kappa shape index (κ2) is 5.58. The topological polar surface area (TPSA) is 85.3 Å². The van der Waals surface area contributed by atoms with Gasteiger partial charge in [-0.15, -0.1) is 0 Å². The summed E-state index contributed by atoms with van der Waals surface area (Å²) in [6.45, 7) is 1.84. The molecule has 1 saturated heterocycles. The van der Waals surface area contributed by atoms with Gasteiger partial charge < -0.3 is 4.74 Å². The Morgan fingerprint density at radius 2 is 2.21 bits per heavy atom. The van der Waals surface area contributed by atoms with Gasteiger partial charge in [0.05, 0.1) is 30.6 Å². The van der Waals surface area contributed by atoms with Crippen molar-refractivity contribution >= 4 is 10.0 Å². The van der Waals surface area contributed by atoms with Crippen LogP contribution in [0.15, 0.2) is 30.7 Å². The fourth-order valence-electron chi connectivity index (χ4n) is 3.46. The minimum absolute atomic E-state index is 0.392. The lowest BCUT2D eigenvalue weighted by Gasteiger charge is -2.34. The molecule has 1 spiro atoms. The molecule has 126 valence electrons. The lowest BCUT2D eigenvalue weighted by molar-refractivity contribution is 0.0532. The van der Waals surface area contributed by atoms with E-state index < -0.39 is 15.4 Å². The lowest BCUT2D eigenvalue weighted by atomic mass is 9.80. The van der Waals surface area contributed by atoms with Gasteiger partial charge >= 0.3 is 0 Å². The van der Waals surface area contributed by atoms with Crippen LogP contribution in [-0.4, -0.2) is 53.6 Å². The summed E-state index contributed by atoms with van der Waals surface area (Å²) in [6.07, 6.45) is 7.17. The first kappa shape index (κ1) is 15.6. The third-order valence-corrected chi connectivity index (χ3v) is 5.96. The minimum Gasteiger partial charge on any atom is -0.376 e. The molecule has 24 heavy (non-hydrogen) atoms. The summed E-state index contributed by atoms with van der Waals surface area (Å²) < 4.78 is 31.0. The maximum Gasteiger partial charge on any atom is 0.211 e. The number of rotatable bonds is 2. The molecule has 2 aliphatic heterocycles. The van der Waals surface area contributed by atoms with Crippen LogP contribution in [0.3, 0.4) is 0 Å². The second-order valence-corrected chi connectivity index (χ2v) is 8.41. The quantitative estimate of drug-likeness (QED) is 0.805. The van der Waals surface area contributed by atoms with Gasteiger partial charge in [-0.1, -0.05) is 0 Å². The first-order valence-electron chi connectivity index (χ1n) is 7.78. The summed E-state index contributed by atoms with van der Waals surface area (Å²) in [4.78, 5) is 13.3. The Bertz CT molecular complexity index is 872. The third kappa shape index (κ3) is 2.60. The van der Waals surface area contributed by atoms with E-state index in [0.29, 0.717) is 38.5 Å². The Balaban J connectivity index is 1.77. The number of hydrogen-bond acceptors (Lipinski definition) is 6. The van der Waals surface area contributed by atoms with E-state index in [1.165, 1.54) is 10.6 Å². The van der Waals surface area contributed by atoms with Crippen LogP contribution in [0, 0.1) is 0 Å². The molecule has 4 rings (SSSR count). The van der Waals surface area contributed by atoms with Crippen LogP contribution in [0.5, 0.6) is 0 Å². The van der Waals surface area contributed by atoms with E-state index in [-0.39, 0.29) is 0 Å². The van der Waals surface area contributed by atoms with Gasteiger partial charge in [-0.25, -0.2) is 22.7 Å². The SMILES string of the molecule is CS(=O)(=O)N1CCC2(COCc3cnc(-c4cccnc4)nc32)C1. The number of nitrogens with zero attached hydrogens (tertiary/aromatic N) is 4. The highest BCUT2D eigenvalue weighted by atomic mass is 32.2. The minimum atomic E-state index is -3.22. The molecule has 2 aromatic heterocycles. The Hall–Kier alpha value is -1.90. The van der Waals surface area contributed by atoms with E-state index in [1.54, 1.807) is 18.6 Å². The van der Waals surface area contributed by atoms with Gasteiger partial charge in [0.1, 0.15) is 0 Å². The zero-order valence-electron chi connectivity index (χ0n) is 13.3. The molecular weight excluding hydrogens is 328 g/mol. The van der Waals surface area contributed by atoms with Crippen LogP contribution in [0.4, 0.5) is 0 Å². The van der Waals surface area contributed by atoms with Crippen molar-refractivity contribution in [2.24, 2.45) is 0 Å². The number of ether oxygens (including phenoxy) is 1. The van der Waals surface area contributed by atoms with Gasteiger partial charge in [-0.3, -0.25) is 4.98 Å². The molecule has 1 fully saturated rings. The number of hydrogen-bond donors (Lipinski definition) is 0. The molecule has 0 aliphatic carbocycles. The van der Waals surface area contributed by atoms with E-state index in [1.807, 2.05) is 12.1 Å². The summed E-state index contributed by atoms with van der Waals surface area (Å²) in [5, 5.41) is 0. The molecule has 0 N–H and O–H groups in total. The van der Waals surface area contributed by atoms with Crippen molar-refractivity contribution in [3.05, 3.63) is 42.0 Å². The molecule has 2 aromatic rings. The smallest absolute Gasteiger partial charge is 0.211 e. The highest BCUT2D eigenvalue weighted by molar-refractivity contribution is 7.88. The maximum absolute atomic E-state index is 11.9. The van der Waals surface area contributed by atoms with Gasteiger partial charge in [0, 0.05) is 42.8 Å². The standard InChI is InChI=1S/C16H18N4O3S/c1-24(21,22)20-6-4-16(10-20)11-23-9-13-8-18-15(19-14(13)16)12-3-2-5-17-7-12/h2-3,5,7-8H,4,6,9-11H2,1H3. The van der Waals surface area contributed by atoms with E-state index in [2.05, 4.69) is 9.97 Å². The summed E-state index contributed by atoms with van der Waals surface area (Å²) in [7, 11) is -3.22. The van der Waals surface area contributed by atoms with Crippen LogP contribution in [0.1, 0.15) is 17.7 Å². The third-order valence-electron chi connectivity index (χ3n) is 4.71. The van der Waals surface area contributed by atoms with Crippen molar-refractivity contribution in [1.29, 1.82) is 0 Å². The zero-order valence-corrected chi connectivity index (χ0v) is 14.2. The monoisotopic (exact) mass is 346 g/mol. The Kier molecular flexibility index (Phi) is 3.63. The average molecular weight is 346 g/mol. The molecule has 8 heteroatoms. The first-order valence-corrected chi connectivity index (χ1v) is 9.62. The number of sulfonamides is 1. The largest absolute Gasteiger partial charge is 0.376 e. The molecule has 1 atom stereocenters. The zero-order chi connectivity index (χ0) is 16.8. The van der Waals surface area contributed by atoms with Crippen LogP contribution >= 0.6 is 0 Å². The highest BCUT2D eigenvalue weighted by Crippen LogP contribution is 2.40. The van der Waals surface area contributed by atoms with Gasteiger partial charge in [0.2, 0.25) is 10.0 Å². The van der Waals surface area contributed by atoms with Crippen LogP contribution in [0.25, 0.3) is 11.4 Å². The van der Waals surface area contributed by atoms with Gasteiger partial charge in [0.15, 0.2) is 5.82 Å². The van der Waals surface area contributed by atoms with Gasteiger partial charge in [-0.05, 0) is 18.6 Å². The van der Waals surface area contributed by atoms with Crippen molar-refractivity contribution < 1.29 is 13.2 Å². The van der Waals surface area contributed by atoms with E-state index in [4.69, 9.17) is 9.72 Å². The summed E-state index contributed by atoms with van der Waals surface area (Å²) in [6, 6.07) is 3.76. The Morgan fingerprint density at radius 3 is 2.92 bits per heavy atom. The molecule has 0 amide bonds. The molecule has 0 radical (unpaired) electrons. The molecule has 4 heterocycles. The van der Waals surface area contributed by atoms with Crippen LogP contribution in [-0.2, 0) is 26.8 Å². The summed E-state index contributed by atoms with van der Waals surface area (Å²) in [5.41, 5.74) is 2.30. The van der Waals surface area contributed by atoms with E-state index in [9.17, 15) is 8.42 Å². The summed E-state index contributed by atoms with van der Waals surface area (Å²) >= 11 is 0. The number of fused-ring (bicyclic) bond motifs is 2.